The number of nitrogens with one attached hydrogen (secondary N) is 1. The normalized spacial score (nSPS) is 21.6. The van der Waals surface area contributed by atoms with E-state index in [0.717, 1.165) is 32.6 Å². The number of nitrogens with zero attached hydrogens (tertiary/aromatic N) is 1. The Morgan fingerprint density at radius 3 is 3.00 bits per heavy atom. The minimum Gasteiger partial charge on any atom is -0.396 e. The Labute approximate surface area is 106 Å². The van der Waals surface area contributed by atoms with Crippen molar-refractivity contribution < 1.29 is 5.11 Å². The van der Waals surface area contributed by atoms with Crippen LogP contribution in [0, 0.1) is 0 Å². The smallest absolute Gasteiger partial charge is 0.0445 e. The number of piperidine rings is 1. The lowest BCUT2D eigenvalue weighted by Crippen LogP contribution is -2.42. The molecule has 0 aromatic carbocycles. The van der Waals surface area contributed by atoms with E-state index in [2.05, 4.69) is 23.7 Å². The van der Waals surface area contributed by atoms with Gasteiger partial charge in [-0.15, -0.1) is 0 Å². The van der Waals surface area contributed by atoms with Gasteiger partial charge in [0.2, 0.25) is 0 Å². The Morgan fingerprint density at radius 2 is 2.29 bits per heavy atom. The van der Waals surface area contributed by atoms with Gasteiger partial charge in [-0.3, -0.25) is 4.90 Å². The summed E-state index contributed by atoms with van der Waals surface area (Å²) in [5, 5.41) is 12.5. The van der Waals surface area contributed by atoms with E-state index in [1.165, 1.54) is 31.3 Å². The molecule has 0 aliphatic carbocycles. The molecule has 0 aromatic heterocycles. The summed E-state index contributed by atoms with van der Waals surface area (Å²) in [6.45, 7) is 10.8. The van der Waals surface area contributed by atoms with E-state index in [9.17, 15) is 0 Å². The van der Waals surface area contributed by atoms with Gasteiger partial charge >= 0.3 is 0 Å². The molecule has 0 spiro atoms. The fraction of sp³-hybridized carbons (Fsp3) is 0.857. The highest BCUT2D eigenvalue weighted by molar-refractivity contribution is 5.01. The molecule has 3 heteroatoms. The molecule has 0 saturated carbocycles. The number of aliphatic hydroxyl groups excluding tert-OH is 1. The molecule has 0 amide bonds. The number of hydrogen-bond donors (Lipinski definition) is 2. The fourth-order valence-corrected chi connectivity index (χ4v) is 2.53. The molecule has 1 rings (SSSR count). The van der Waals surface area contributed by atoms with Gasteiger partial charge in [-0.1, -0.05) is 19.9 Å². The second kappa shape index (κ2) is 8.67. The van der Waals surface area contributed by atoms with E-state index in [0.29, 0.717) is 12.6 Å². The third kappa shape index (κ3) is 5.66. The quantitative estimate of drug-likeness (QED) is 0.501. The first-order chi connectivity index (χ1) is 8.27. The summed E-state index contributed by atoms with van der Waals surface area (Å²) in [7, 11) is 0. The summed E-state index contributed by atoms with van der Waals surface area (Å²) in [6, 6.07) is 0.566. The highest BCUT2D eigenvalue weighted by Gasteiger charge is 2.21. The van der Waals surface area contributed by atoms with Crippen molar-refractivity contribution in [1.29, 1.82) is 0 Å². The van der Waals surface area contributed by atoms with Crippen LogP contribution in [0.1, 0.15) is 39.0 Å². The topological polar surface area (TPSA) is 35.5 Å². The maximum Gasteiger partial charge on any atom is 0.0445 e. The second-order valence-corrected chi connectivity index (χ2v) is 5.06. The van der Waals surface area contributed by atoms with Gasteiger partial charge in [0.25, 0.3) is 0 Å². The average molecular weight is 240 g/mol. The zero-order chi connectivity index (χ0) is 12.5. The number of hydrogen-bond acceptors (Lipinski definition) is 3. The lowest BCUT2D eigenvalue weighted by molar-refractivity contribution is 0.129. The van der Waals surface area contributed by atoms with Crippen LogP contribution in [-0.4, -0.2) is 48.8 Å². The second-order valence-electron chi connectivity index (χ2n) is 5.06. The number of likely N-dealkylation sites (tertiary alicyclic amines) is 1. The first kappa shape index (κ1) is 14.7. The van der Waals surface area contributed by atoms with Gasteiger partial charge in [0, 0.05) is 25.7 Å². The van der Waals surface area contributed by atoms with Gasteiger partial charge in [-0.2, -0.15) is 0 Å². The Morgan fingerprint density at radius 1 is 1.47 bits per heavy atom. The number of rotatable bonds is 8. The van der Waals surface area contributed by atoms with Crippen LogP contribution >= 0.6 is 0 Å². The summed E-state index contributed by atoms with van der Waals surface area (Å²) in [5.74, 6) is 0. The summed E-state index contributed by atoms with van der Waals surface area (Å²) in [4.78, 5) is 2.50. The summed E-state index contributed by atoms with van der Waals surface area (Å²) < 4.78 is 0. The van der Waals surface area contributed by atoms with Crippen LogP contribution in [0.25, 0.3) is 0 Å². The molecule has 1 fully saturated rings. The summed E-state index contributed by atoms with van der Waals surface area (Å²) in [6.07, 6.45) is 5.91. The standard InChI is InChI=1S/C14H28N2O/c1-3-8-15-11-13(2)12-16-9-5-4-6-14(16)7-10-17/h14-15,17H,2-12H2,1H3. The molecule has 2 N–H and O–H groups in total. The van der Waals surface area contributed by atoms with Gasteiger partial charge < -0.3 is 10.4 Å². The van der Waals surface area contributed by atoms with Crippen molar-refractivity contribution >= 4 is 0 Å². The molecular weight excluding hydrogens is 212 g/mol. The van der Waals surface area contributed by atoms with Crippen LogP contribution in [0.15, 0.2) is 12.2 Å². The monoisotopic (exact) mass is 240 g/mol. The molecule has 0 radical (unpaired) electrons. The third-order valence-electron chi connectivity index (χ3n) is 3.44. The molecule has 0 aromatic rings. The molecule has 100 valence electrons. The van der Waals surface area contributed by atoms with Crippen LogP contribution < -0.4 is 5.32 Å². The SMILES string of the molecule is C=C(CNCCC)CN1CCCCC1CCO. The highest BCUT2D eigenvalue weighted by Crippen LogP contribution is 2.20. The van der Waals surface area contributed by atoms with Crippen molar-refractivity contribution in [2.75, 3.05) is 32.8 Å². The molecule has 1 unspecified atom stereocenters. The summed E-state index contributed by atoms with van der Waals surface area (Å²) in [5.41, 5.74) is 1.27. The van der Waals surface area contributed by atoms with Gasteiger partial charge in [0.05, 0.1) is 0 Å². The number of aliphatic hydroxyl groups is 1. The molecule has 1 aliphatic heterocycles. The largest absolute Gasteiger partial charge is 0.396 e. The van der Waals surface area contributed by atoms with E-state index >= 15 is 0 Å². The maximum atomic E-state index is 9.08. The summed E-state index contributed by atoms with van der Waals surface area (Å²) >= 11 is 0. The van der Waals surface area contributed by atoms with Crippen LogP contribution in [0.4, 0.5) is 0 Å². The van der Waals surface area contributed by atoms with Crippen molar-refractivity contribution in [2.45, 2.75) is 45.1 Å². The van der Waals surface area contributed by atoms with Gasteiger partial charge in [-0.05, 0) is 44.3 Å². The van der Waals surface area contributed by atoms with Crippen LogP contribution in [0.2, 0.25) is 0 Å². The Balaban J connectivity index is 2.28. The zero-order valence-electron chi connectivity index (χ0n) is 11.2. The van der Waals surface area contributed by atoms with E-state index in [1.54, 1.807) is 0 Å². The molecule has 1 atom stereocenters. The predicted octanol–water partition coefficient (Wildman–Crippen LogP) is 1.78. The molecule has 17 heavy (non-hydrogen) atoms. The van der Waals surface area contributed by atoms with Crippen LogP contribution in [-0.2, 0) is 0 Å². The zero-order valence-corrected chi connectivity index (χ0v) is 11.2. The lowest BCUT2D eigenvalue weighted by Gasteiger charge is -2.36. The van der Waals surface area contributed by atoms with Gasteiger partial charge in [0.1, 0.15) is 0 Å². The fourth-order valence-electron chi connectivity index (χ4n) is 2.53. The van der Waals surface area contributed by atoms with E-state index < -0.39 is 0 Å². The first-order valence-electron chi connectivity index (χ1n) is 7.00. The Bertz CT molecular complexity index is 216. The molecule has 0 bridgehead atoms. The lowest BCUT2D eigenvalue weighted by atomic mass is 9.99. The minimum absolute atomic E-state index is 0.307. The van der Waals surface area contributed by atoms with Gasteiger partial charge in [0.15, 0.2) is 0 Å². The maximum absolute atomic E-state index is 9.08. The molecule has 3 nitrogen and oxygen atoms in total. The van der Waals surface area contributed by atoms with Crippen molar-refractivity contribution in [3.05, 3.63) is 12.2 Å². The first-order valence-corrected chi connectivity index (χ1v) is 7.00. The molecule has 1 heterocycles. The third-order valence-corrected chi connectivity index (χ3v) is 3.44. The molecule has 1 aliphatic rings. The molecular formula is C14H28N2O. The average Bonchev–Trinajstić information content (AvgIpc) is 2.32. The van der Waals surface area contributed by atoms with Crippen molar-refractivity contribution in [3.8, 4) is 0 Å². The van der Waals surface area contributed by atoms with Crippen molar-refractivity contribution in [2.24, 2.45) is 0 Å². The Hall–Kier alpha value is -0.380. The van der Waals surface area contributed by atoms with Crippen LogP contribution in [0.5, 0.6) is 0 Å². The van der Waals surface area contributed by atoms with E-state index in [4.69, 9.17) is 5.11 Å². The van der Waals surface area contributed by atoms with E-state index in [-0.39, 0.29) is 0 Å². The Kier molecular flexibility index (Phi) is 7.49. The van der Waals surface area contributed by atoms with E-state index in [1.807, 2.05) is 0 Å². The minimum atomic E-state index is 0.307. The predicted molar refractivity (Wildman–Crippen MR) is 73.2 cm³/mol. The van der Waals surface area contributed by atoms with Crippen LogP contribution in [0.3, 0.4) is 0 Å². The molecule has 1 saturated heterocycles. The van der Waals surface area contributed by atoms with Crippen molar-refractivity contribution in [3.63, 3.8) is 0 Å². The van der Waals surface area contributed by atoms with Crippen molar-refractivity contribution in [1.82, 2.24) is 10.2 Å². The highest BCUT2D eigenvalue weighted by atomic mass is 16.3. The van der Waals surface area contributed by atoms with Gasteiger partial charge in [-0.25, -0.2) is 0 Å².